The van der Waals surface area contributed by atoms with E-state index in [0.717, 1.165) is 27.8 Å². The van der Waals surface area contributed by atoms with Crippen LogP contribution in [0.1, 0.15) is 22.8 Å². The second-order valence-corrected chi connectivity index (χ2v) is 11.0. The number of sulfonamides is 1. The largest absolute Gasteiger partial charge is 0.322 e. The number of anilines is 2. The van der Waals surface area contributed by atoms with E-state index in [9.17, 15) is 18.0 Å². The van der Waals surface area contributed by atoms with Gasteiger partial charge in [0.05, 0.1) is 28.7 Å². The van der Waals surface area contributed by atoms with Gasteiger partial charge in [-0.3, -0.25) is 18.5 Å². The van der Waals surface area contributed by atoms with Crippen molar-refractivity contribution < 1.29 is 13.2 Å². The molecule has 1 N–H and O–H groups in total. The number of benzene rings is 3. The number of hydrogen-bond acceptors (Lipinski definition) is 5. The van der Waals surface area contributed by atoms with Crippen molar-refractivity contribution in [2.45, 2.75) is 20.0 Å². The Morgan fingerprint density at radius 3 is 2.44 bits per heavy atom. The van der Waals surface area contributed by atoms with Gasteiger partial charge in [0, 0.05) is 22.8 Å². The highest BCUT2D eigenvalue weighted by Gasteiger charge is 2.19. The standard InChI is InChI=1S/C24H22ClN3O4S2/c1-3-27-21-13-10-18(14-22(21)33-24(27)30)26-23(29)16-8-11-19(12-9-16)28(34(2,31)32)15-17-6-4-5-7-20(17)25/h4-14H,3,15H2,1-2H3,(H,26,29). The molecule has 1 amide bonds. The monoisotopic (exact) mass is 515 g/mol. The van der Waals surface area contributed by atoms with E-state index in [4.69, 9.17) is 11.6 Å². The minimum atomic E-state index is -3.59. The maximum atomic E-state index is 12.8. The lowest BCUT2D eigenvalue weighted by molar-refractivity contribution is 0.102. The first kappa shape index (κ1) is 24.0. The van der Waals surface area contributed by atoms with Crippen molar-refractivity contribution in [1.82, 2.24) is 4.57 Å². The van der Waals surface area contributed by atoms with Crippen LogP contribution < -0.4 is 14.5 Å². The summed E-state index contributed by atoms with van der Waals surface area (Å²) in [6.07, 6.45) is 1.13. The molecular formula is C24H22ClN3O4S2. The highest BCUT2D eigenvalue weighted by molar-refractivity contribution is 7.92. The van der Waals surface area contributed by atoms with E-state index in [1.807, 2.05) is 13.0 Å². The van der Waals surface area contributed by atoms with Crippen LogP contribution in [0.25, 0.3) is 10.2 Å². The average Bonchev–Trinajstić information content (AvgIpc) is 3.12. The van der Waals surface area contributed by atoms with E-state index in [1.165, 1.54) is 4.31 Å². The van der Waals surface area contributed by atoms with Gasteiger partial charge in [-0.1, -0.05) is 41.1 Å². The molecule has 1 heterocycles. The van der Waals surface area contributed by atoms with Crippen LogP contribution in [0.5, 0.6) is 0 Å². The van der Waals surface area contributed by atoms with Crippen LogP contribution in [0.4, 0.5) is 11.4 Å². The topological polar surface area (TPSA) is 88.5 Å². The van der Waals surface area contributed by atoms with Gasteiger partial charge in [-0.2, -0.15) is 0 Å². The number of rotatable bonds is 7. The fourth-order valence-corrected chi connectivity index (χ4v) is 5.68. The van der Waals surface area contributed by atoms with E-state index in [2.05, 4.69) is 5.32 Å². The van der Waals surface area contributed by atoms with Gasteiger partial charge in [-0.15, -0.1) is 0 Å². The van der Waals surface area contributed by atoms with Gasteiger partial charge in [0.25, 0.3) is 5.91 Å². The maximum Gasteiger partial charge on any atom is 0.308 e. The van der Waals surface area contributed by atoms with Crippen LogP contribution >= 0.6 is 22.9 Å². The smallest absolute Gasteiger partial charge is 0.308 e. The van der Waals surface area contributed by atoms with Gasteiger partial charge >= 0.3 is 4.87 Å². The normalized spacial score (nSPS) is 11.5. The average molecular weight is 516 g/mol. The summed E-state index contributed by atoms with van der Waals surface area (Å²) in [6.45, 7) is 2.56. The molecule has 0 unspecified atom stereocenters. The Labute approximate surface area is 206 Å². The van der Waals surface area contributed by atoms with Crippen molar-refractivity contribution in [2.75, 3.05) is 15.9 Å². The zero-order chi connectivity index (χ0) is 24.5. The lowest BCUT2D eigenvalue weighted by Gasteiger charge is -2.23. The van der Waals surface area contributed by atoms with E-state index in [-0.39, 0.29) is 17.3 Å². The van der Waals surface area contributed by atoms with Gasteiger partial charge in [0.15, 0.2) is 0 Å². The minimum absolute atomic E-state index is 0.0382. The molecule has 0 aliphatic heterocycles. The molecular weight excluding hydrogens is 494 g/mol. The molecule has 7 nitrogen and oxygen atoms in total. The molecule has 3 aromatic carbocycles. The number of aromatic nitrogens is 1. The molecule has 0 spiro atoms. The first-order chi connectivity index (χ1) is 16.2. The van der Waals surface area contributed by atoms with Crippen LogP contribution in [0.15, 0.2) is 71.5 Å². The predicted molar refractivity (Wildman–Crippen MR) is 139 cm³/mol. The molecule has 0 saturated heterocycles. The Kier molecular flexibility index (Phi) is 6.79. The highest BCUT2D eigenvalue weighted by atomic mass is 35.5. The van der Waals surface area contributed by atoms with Crippen LogP contribution in [0.2, 0.25) is 5.02 Å². The van der Waals surface area contributed by atoms with Crippen molar-refractivity contribution in [3.05, 3.63) is 92.5 Å². The first-order valence-corrected chi connectivity index (χ1v) is 13.5. The van der Waals surface area contributed by atoms with E-state index >= 15 is 0 Å². The minimum Gasteiger partial charge on any atom is -0.322 e. The number of aryl methyl sites for hydroxylation is 1. The summed E-state index contributed by atoms with van der Waals surface area (Å²) < 4.78 is 28.6. The van der Waals surface area contributed by atoms with Crippen molar-refractivity contribution in [3.63, 3.8) is 0 Å². The third-order valence-electron chi connectivity index (χ3n) is 5.33. The van der Waals surface area contributed by atoms with E-state index < -0.39 is 10.0 Å². The molecule has 4 aromatic rings. The number of carbonyl (C=O) groups excluding carboxylic acids is 1. The fraction of sp³-hybridized carbons (Fsp3) is 0.167. The molecule has 0 atom stereocenters. The van der Waals surface area contributed by atoms with Gasteiger partial charge in [0.1, 0.15) is 0 Å². The molecule has 1 aromatic heterocycles. The van der Waals surface area contributed by atoms with Crippen molar-refractivity contribution in [3.8, 4) is 0 Å². The summed E-state index contributed by atoms with van der Waals surface area (Å²) in [7, 11) is -3.59. The Hall–Kier alpha value is -3.14. The second-order valence-electron chi connectivity index (χ2n) is 7.66. The Balaban J connectivity index is 1.55. The first-order valence-electron chi connectivity index (χ1n) is 10.4. The molecule has 0 aliphatic rings. The Bertz CT molecular complexity index is 1530. The van der Waals surface area contributed by atoms with Gasteiger partial charge in [-0.25, -0.2) is 8.42 Å². The quantitative estimate of drug-likeness (QED) is 0.377. The number of nitrogens with one attached hydrogen (secondary N) is 1. The molecule has 10 heteroatoms. The fourth-order valence-electron chi connectivity index (χ4n) is 3.61. The van der Waals surface area contributed by atoms with Gasteiger partial charge < -0.3 is 5.32 Å². The number of amides is 1. The third-order valence-corrected chi connectivity index (χ3v) is 7.78. The summed E-state index contributed by atoms with van der Waals surface area (Å²) in [5, 5.41) is 3.31. The molecule has 4 rings (SSSR count). The number of carbonyl (C=O) groups is 1. The summed E-state index contributed by atoms with van der Waals surface area (Å²) in [5.74, 6) is -0.342. The predicted octanol–water partition coefficient (Wildman–Crippen LogP) is 4.95. The molecule has 176 valence electrons. The van der Waals surface area contributed by atoms with Crippen LogP contribution in [-0.4, -0.2) is 25.1 Å². The van der Waals surface area contributed by atoms with Gasteiger partial charge in [0.2, 0.25) is 10.0 Å². The van der Waals surface area contributed by atoms with Crippen LogP contribution in [-0.2, 0) is 23.1 Å². The summed E-state index contributed by atoms with van der Waals surface area (Å²) >= 11 is 7.35. The highest BCUT2D eigenvalue weighted by Crippen LogP contribution is 2.26. The molecule has 0 radical (unpaired) electrons. The molecule has 0 bridgehead atoms. The third kappa shape index (κ3) is 5.01. The Morgan fingerprint density at radius 1 is 1.09 bits per heavy atom. The lowest BCUT2D eigenvalue weighted by Crippen LogP contribution is -2.29. The zero-order valence-electron chi connectivity index (χ0n) is 18.5. The zero-order valence-corrected chi connectivity index (χ0v) is 20.9. The SMILES string of the molecule is CCn1c(=O)sc2cc(NC(=O)c3ccc(N(Cc4ccccc4Cl)S(C)(=O)=O)cc3)ccc21. The number of hydrogen-bond donors (Lipinski definition) is 1. The van der Waals surface area contributed by atoms with Crippen molar-refractivity contribution >= 4 is 60.5 Å². The number of fused-ring (bicyclic) bond motifs is 1. The molecule has 0 saturated carbocycles. The summed E-state index contributed by atoms with van der Waals surface area (Å²) in [4.78, 5) is 24.8. The number of halogens is 1. The number of thiazole rings is 1. The number of nitrogens with zero attached hydrogens (tertiary/aromatic N) is 2. The second kappa shape index (κ2) is 9.61. The lowest BCUT2D eigenvalue weighted by atomic mass is 10.1. The van der Waals surface area contributed by atoms with Crippen LogP contribution in [0, 0.1) is 0 Å². The van der Waals surface area contributed by atoms with E-state index in [0.29, 0.717) is 34.1 Å². The van der Waals surface area contributed by atoms with Gasteiger partial charge in [-0.05, 0) is 61.0 Å². The Morgan fingerprint density at radius 2 is 1.79 bits per heavy atom. The maximum absolute atomic E-state index is 12.8. The molecule has 0 aliphatic carbocycles. The van der Waals surface area contributed by atoms with Crippen molar-refractivity contribution in [2.24, 2.45) is 0 Å². The molecule has 0 fully saturated rings. The summed E-state index contributed by atoms with van der Waals surface area (Å²) in [6, 6.07) is 18.7. The van der Waals surface area contributed by atoms with Crippen LogP contribution in [0.3, 0.4) is 0 Å². The van der Waals surface area contributed by atoms with Crippen molar-refractivity contribution in [1.29, 1.82) is 0 Å². The van der Waals surface area contributed by atoms with E-state index in [1.54, 1.807) is 65.2 Å². The molecule has 34 heavy (non-hydrogen) atoms. The summed E-state index contributed by atoms with van der Waals surface area (Å²) in [5.41, 5.74) is 2.87.